The van der Waals surface area contributed by atoms with Crippen LogP contribution >= 0.6 is 23.1 Å². The van der Waals surface area contributed by atoms with Crippen molar-refractivity contribution in [2.45, 2.75) is 51.5 Å². The molecular formula is C16H24N2O6S2. The van der Waals surface area contributed by atoms with Crippen LogP contribution in [0.15, 0.2) is 5.38 Å². The number of thiazole rings is 1. The van der Waals surface area contributed by atoms with E-state index < -0.39 is 29.7 Å². The molecule has 0 saturated carbocycles. The summed E-state index contributed by atoms with van der Waals surface area (Å²) in [7, 11) is 0. The Balaban J connectivity index is 2.40. The first-order valence-corrected chi connectivity index (χ1v) is 10.1. The molecule has 146 valence electrons. The van der Waals surface area contributed by atoms with Crippen LogP contribution in [-0.2, 0) is 20.0 Å². The van der Waals surface area contributed by atoms with Gasteiger partial charge in [-0.25, -0.2) is 19.4 Å². The topological polar surface area (TPSA) is 115 Å². The quantitative estimate of drug-likeness (QED) is 0.477. The highest BCUT2D eigenvalue weighted by Crippen LogP contribution is 2.18. The fourth-order valence-corrected chi connectivity index (χ4v) is 3.46. The zero-order valence-corrected chi connectivity index (χ0v) is 16.9. The summed E-state index contributed by atoms with van der Waals surface area (Å²) in [5.41, 5.74) is 0.0402. The molecule has 0 aliphatic heterocycles. The molecule has 1 heterocycles. The van der Waals surface area contributed by atoms with Crippen LogP contribution in [0.25, 0.3) is 0 Å². The summed E-state index contributed by atoms with van der Waals surface area (Å²) in [5, 5.41) is 13.6. The number of aliphatic carboxylic acids is 1. The van der Waals surface area contributed by atoms with Crippen LogP contribution in [0.4, 0.5) is 4.79 Å². The molecule has 0 aliphatic carbocycles. The maximum atomic E-state index is 11.7. The van der Waals surface area contributed by atoms with Gasteiger partial charge in [0.15, 0.2) is 0 Å². The van der Waals surface area contributed by atoms with E-state index >= 15 is 0 Å². The summed E-state index contributed by atoms with van der Waals surface area (Å²) in [6.45, 7) is 7.14. The number of amides is 1. The van der Waals surface area contributed by atoms with Crippen LogP contribution < -0.4 is 5.32 Å². The number of carbonyl (C=O) groups is 3. The predicted octanol–water partition coefficient (Wildman–Crippen LogP) is 2.92. The number of ether oxygens (including phenoxy) is 2. The lowest BCUT2D eigenvalue weighted by Gasteiger charge is -2.21. The smallest absolute Gasteiger partial charge is 0.408 e. The monoisotopic (exact) mass is 404 g/mol. The van der Waals surface area contributed by atoms with Crippen molar-refractivity contribution in [1.29, 1.82) is 0 Å². The summed E-state index contributed by atoms with van der Waals surface area (Å²) in [5.74, 6) is -0.524. The molecule has 0 aliphatic rings. The van der Waals surface area contributed by atoms with E-state index in [1.807, 2.05) is 0 Å². The molecule has 1 rings (SSSR count). The zero-order chi connectivity index (χ0) is 19.7. The van der Waals surface area contributed by atoms with Gasteiger partial charge < -0.3 is 19.9 Å². The van der Waals surface area contributed by atoms with E-state index in [2.05, 4.69) is 10.3 Å². The van der Waals surface area contributed by atoms with Crippen molar-refractivity contribution >= 4 is 41.1 Å². The highest BCUT2D eigenvalue weighted by atomic mass is 32.2. The third-order valence-corrected chi connectivity index (χ3v) is 4.69. The number of rotatable bonds is 9. The Morgan fingerprint density at radius 1 is 1.38 bits per heavy atom. The number of carboxylic acids is 1. The highest BCUT2D eigenvalue weighted by Gasteiger charge is 2.23. The van der Waals surface area contributed by atoms with Gasteiger partial charge in [-0.05, 0) is 39.9 Å². The molecule has 1 atom stereocenters. The molecule has 0 radical (unpaired) electrons. The van der Waals surface area contributed by atoms with Crippen LogP contribution in [0.3, 0.4) is 0 Å². The Kier molecular flexibility index (Phi) is 8.86. The van der Waals surface area contributed by atoms with Gasteiger partial charge in [-0.15, -0.1) is 11.3 Å². The van der Waals surface area contributed by atoms with E-state index in [-0.39, 0.29) is 6.42 Å². The highest BCUT2D eigenvalue weighted by molar-refractivity contribution is 7.98. The summed E-state index contributed by atoms with van der Waals surface area (Å²) in [6.07, 6.45) is -0.512. The van der Waals surface area contributed by atoms with Crippen LogP contribution in [0, 0.1) is 0 Å². The van der Waals surface area contributed by atoms with E-state index in [9.17, 15) is 19.5 Å². The Bertz CT molecular complexity index is 627. The minimum Gasteiger partial charge on any atom is -0.480 e. The van der Waals surface area contributed by atoms with Gasteiger partial charge in [0.05, 0.1) is 12.3 Å². The van der Waals surface area contributed by atoms with Crippen molar-refractivity contribution < 1.29 is 29.0 Å². The minimum atomic E-state index is -1.12. The average Bonchev–Trinajstić information content (AvgIpc) is 2.97. The van der Waals surface area contributed by atoms with Crippen LogP contribution in [0.5, 0.6) is 0 Å². The molecule has 0 fully saturated rings. The van der Waals surface area contributed by atoms with E-state index in [0.717, 1.165) is 5.69 Å². The predicted molar refractivity (Wildman–Crippen MR) is 99.6 cm³/mol. The molecule has 0 aromatic carbocycles. The van der Waals surface area contributed by atoms with Crippen molar-refractivity contribution in [2.75, 3.05) is 12.4 Å². The Morgan fingerprint density at radius 3 is 2.65 bits per heavy atom. The molecule has 1 aromatic rings. The molecule has 10 heteroatoms. The first-order valence-electron chi connectivity index (χ1n) is 8.04. The van der Waals surface area contributed by atoms with Gasteiger partial charge in [-0.3, -0.25) is 0 Å². The maximum absolute atomic E-state index is 11.7. The van der Waals surface area contributed by atoms with Crippen molar-refractivity contribution in [3.05, 3.63) is 16.1 Å². The lowest BCUT2D eigenvalue weighted by Crippen LogP contribution is -2.43. The van der Waals surface area contributed by atoms with Crippen molar-refractivity contribution in [1.82, 2.24) is 10.3 Å². The molecule has 0 spiro atoms. The second-order valence-electron chi connectivity index (χ2n) is 6.24. The van der Waals surface area contributed by atoms with E-state index in [4.69, 9.17) is 9.47 Å². The number of nitrogens with zero attached hydrogens (tertiary/aromatic N) is 1. The first kappa shape index (κ1) is 22.2. The van der Waals surface area contributed by atoms with Gasteiger partial charge in [-0.2, -0.15) is 11.8 Å². The summed E-state index contributed by atoms with van der Waals surface area (Å²) < 4.78 is 9.95. The van der Waals surface area contributed by atoms with E-state index in [1.165, 1.54) is 23.1 Å². The fraction of sp³-hybridized carbons (Fsp3) is 0.625. The number of esters is 1. The lowest BCUT2D eigenvalue weighted by atomic mass is 10.2. The van der Waals surface area contributed by atoms with Gasteiger partial charge in [-0.1, -0.05) is 0 Å². The number of nitrogens with one attached hydrogen (secondary N) is 1. The van der Waals surface area contributed by atoms with Gasteiger partial charge in [0, 0.05) is 11.1 Å². The van der Waals surface area contributed by atoms with Gasteiger partial charge in [0.25, 0.3) is 0 Å². The number of carbonyl (C=O) groups excluding carboxylic acids is 2. The standard InChI is InChI=1S/C16H24N2O6S2/c1-5-23-14(21)12-17-10(9-26-12)8-25-7-6-11(13(19)20)18-15(22)24-16(2,3)4/h9,11H,5-8H2,1-4H3,(H,18,22)(H,19,20). The Morgan fingerprint density at radius 2 is 2.08 bits per heavy atom. The van der Waals surface area contributed by atoms with Gasteiger partial charge in [0.2, 0.25) is 5.01 Å². The number of hydrogen-bond acceptors (Lipinski definition) is 8. The molecule has 2 N–H and O–H groups in total. The minimum absolute atomic E-state index is 0.244. The van der Waals surface area contributed by atoms with Crippen molar-refractivity contribution in [3.8, 4) is 0 Å². The lowest BCUT2D eigenvalue weighted by molar-refractivity contribution is -0.139. The van der Waals surface area contributed by atoms with Gasteiger partial charge in [0.1, 0.15) is 11.6 Å². The molecule has 26 heavy (non-hydrogen) atoms. The number of alkyl carbamates (subject to hydrolysis) is 1. The summed E-state index contributed by atoms with van der Waals surface area (Å²) in [6, 6.07) is -1.03. The molecule has 1 unspecified atom stereocenters. The largest absolute Gasteiger partial charge is 0.480 e. The molecule has 1 aromatic heterocycles. The number of carboxylic acid groups (broad SMARTS) is 1. The third kappa shape index (κ3) is 8.52. The molecule has 8 nitrogen and oxygen atoms in total. The van der Waals surface area contributed by atoms with Crippen LogP contribution in [-0.4, -0.2) is 52.1 Å². The summed E-state index contributed by atoms with van der Waals surface area (Å²) >= 11 is 2.68. The molecule has 0 saturated heterocycles. The normalized spacial score (nSPS) is 12.3. The molecular weight excluding hydrogens is 380 g/mol. The Labute approximate surface area is 160 Å². The fourth-order valence-electron chi connectivity index (χ4n) is 1.74. The second kappa shape index (κ2) is 10.4. The van der Waals surface area contributed by atoms with Crippen LogP contribution in [0.1, 0.15) is 49.6 Å². The SMILES string of the molecule is CCOC(=O)c1nc(CSCCC(NC(=O)OC(C)(C)C)C(=O)O)cs1. The molecule has 1 amide bonds. The first-order chi connectivity index (χ1) is 12.1. The third-order valence-electron chi connectivity index (χ3n) is 2.79. The van der Waals surface area contributed by atoms with E-state index in [1.54, 1.807) is 33.1 Å². The number of aromatic nitrogens is 1. The number of thioether (sulfide) groups is 1. The van der Waals surface area contributed by atoms with E-state index in [0.29, 0.717) is 23.1 Å². The van der Waals surface area contributed by atoms with Gasteiger partial charge >= 0.3 is 18.0 Å². The summed E-state index contributed by atoms with van der Waals surface area (Å²) in [4.78, 5) is 38.7. The van der Waals surface area contributed by atoms with Crippen molar-refractivity contribution in [2.24, 2.45) is 0 Å². The molecule has 0 bridgehead atoms. The Hall–Kier alpha value is -1.81. The average molecular weight is 405 g/mol. The maximum Gasteiger partial charge on any atom is 0.408 e. The zero-order valence-electron chi connectivity index (χ0n) is 15.2. The second-order valence-corrected chi connectivity index (χ2v) is 8.21. The van der Waals surface area contributed by atoms with Crippen LogP contribution in [0.2, 0.25) is 0 Å². The number of hydrogen-bond donors (Lipinski definition) is 2. The van der Waals surface area contributed by atoms with Crippen molar-refractivity contribution in [3.63, 3.8) is 0 Å².